The lowest BCUT2D eigenvalue weighted by Gasteiger charge is -2.08. The van der Waals surface area contributed by atoms with E-state index in [0.29, 0.717) is 16.5 Å². The number of nitrogens with zero attached hydrogens (tertiary/aromatic N) is 2. The van der Waals surface area contributed by atoms with Crippen molar-refractivity contribution >= 4 is 22.5 Å². The van der Waals surface area contributed by atoms with Gasteiger partial charge in [0, 0.05) is 11.6 Å². The molecule has 6 heteroatoms. The molecule has 0 radical (unpaired) electrons. The second kappa shape index (κ2) is 5.24. The van der Waals surface area contributed by atoms with Gasteiger partial charge in [-0.1, -0.05) is 18.2 Å². The number of benzene rings is 1. The number of pyridine rings is 2. The Morgan fingerprint density at radius 1 is 1.05 bits per heavy atom. The predicted molar refractivity (Wildman–Crippen MR) is 73.8 cm³/mol. The van der Waals surface area contributed by atoms with Gasteiger partial charge in [0.25, 0.3) is 5.91 Å². The predicted octanol–water partition coefficient (Wildman–Crippen LogP) is 3.16. The number of hydrogen-bond donors (Lipinski definition) is 1. The molecule has 3 aromatic rings. The molecule has 0 aliphatic heterocycles. The molecule has 2 aromatic heterocycles. The Morgan fingerprint density at radius 2 is 1.86 bits per heavy atom. The van der Waals surface area contributed by atoms with Crippen molar-refractivity contribution in [1.29, 1.82) is 0 Å². The maximum Gasteiger partial charge on any atom is 0.256 e. The fourth-order valence-electron chi connectivity index (χ4n) is 1.99. The number of fused-ring (bicyclic) bond motifs is 1. The highest BCUT2D eigenvalue weighted by Crippen LogP contribution is 2.19. The number of amides is 1. The zero-order valence-corrected chi connectivity index (χ0v) is 10.7. The summed E-state index contributed by atoms with van der Waals surface area (Å²) in [5.41, 5.74) is 0.828. The summed E-state index contributed by atoms with van der Waals surface area (Å²) in [5.74, 6) is -2.53. The minimum atomic E-state index is -1.07. The van der Waals surface area contributed by atoms with E-state index in [4.69, 9.17) is 0 Å². The molecule has 0 aliphatic rings. The fraction of sp³-hybridized carbons (Fsp3) is 0. The van der Waals surface area contributed by atoms with Gasteiger partial charge in [-0.2, -0.15) is 13.8 Å². The number of aromatic nitrogens is 2. The molecule has 2 heterocycles. The van der Waals surface area contributed by atoms with Crippen molar-refractivity contribution in [1.82, 2.24) is 9.97 Å². The van der Waals surface area contributed by atoms with E-state index in [1.54, 1.807) is 24.3 Å². The zero-order chi connectivity index (χ0) is 14.8. The molecule has 4 nitrogen and oxygen atoms in total. The van der Waals surface area contributed by atoms with E-state index in [0.717, 1.165) is 12.1 Å². The minimum absolute atomic E-state index is 0.178. The summed E-state index contributed by atoms with van der Waals surface area (Å²) in [6.45, 7) is 0. The highest BCUT2D eigenvalue weighted by molar-refractivity contribution is 6.12. The summed E-state index contributed by atoms with van der Waals surface area (Å²) in [5, 5.41) is 3.02. The van der Waals surface area contributed by atoms with E-state index in [1.807, 2.05) is 0 Å². The average Bonchev–Trinajstić information content (AvgIpc) is 2.49. The Morgan fingerprint density at radius 3 is 2.67 bits per heavy atom. The Balaban J connectivity index is 1.97. The van der Waals surface area contributed by atoms with Crippen LogP contribution in [0.25, 0.3) is 10.9 Å². The highest BCUT2D eigenvalue weighted by atomic mass is 19.1. The average molecular weight is 285 g/mol. The number of halogens is 2. The van der Waals surface area contributed by atoms with Crippen LogP contribution in [0.3, 0.4) is 0 Å². The number of para-hydroxylation sites is 1. The summed E-state index contributed by atoms with van der Waals surface area (Å²) in [4.78, 5) is 19.4. The smallest absolute Gasteiger partial charge is 0.256 e. The number of nitrogens with one attached hydrogen (secondary N) is 1. The Bertz CT molecular complexity index is 831. The maximum atomic E-state index is 13.5. The topological polar surface area (TPSA) is 54.9 Å². The van der Waals surface area contributed by atoms with Crippen LogP contribution in [-0.4, -0.2) is 15.9 Å². The molecule has 1 amide bonds. The Labute approximate surface area is 118 Å². The summed E-state index contributed by atoms with van der Waals surface area (Å²) in [7, 11) is 0. The van der Waals surface area contributed by atoms with E-state index < -0.39 is 17.8 Å². The second-order valence-electron chi connectivity index (χ2n) is 4.30. The molecule has 1 N–H and O–H groups in total. The van der Waals surface area contributed by atoms with Crippen LogP contribution in [0.5, 0.6) is 0 Å². The maximum absolute atomic E-state index is 13.5. The van der Waals surface area contributed by atoms with Gasteiger partial charge < -0.3 is 5.32 Å². The molecule has 21 heavy (non-hydrogen) atoms. The quantitative estimate of drug-likeness (QED) is 0.736. The number of rotatable bonds is 2. The van der Waals surface area contributed by atoms with Crippen molar-refractivity contribution < 1.29 is 13.6 Å². The first-order valence-electron chi connectivity index (χ1n) is 6.12. The lowest BCUT2D eigenvalue weighted by atomic mass is 10.1. The van der Waals surface area contributed by atoms with Crippen LogP contribution in [0.1, 0.15) is 10.4 Å². The van der Waals surface area contributed by atoms with Crippen LogP contribution in [0, 0.1) is 11.9 Å². The van der Waals surface area contributed by atoms with Gasteiger partial charge in [-0.15, -0.1) is 0 Å². The van der Waals surface area contributed by atoms with Crippen LogP contribution in [-0.2, 0) is 0 Å². The molecular formula is C15H9F2N3O. The van der Waals surface area contributed by atoms with E-state index in [2.05, 4.69) is 15.3 Å². The molecule has 104 valence electrons. The van der Waals surface area contributed by atoms with Gasteiger partial charge in [0.1, 0.15) is 0 Å². The Hall–Kier alpha value is -2.89. The molecule has 0 atom stereocenters. The van der Waals surface area contributed by atoms with Gasteiger partial charge >= 0.3 is 0 Å². The lowest BCUT2D eigenvalue weighted by molar-refractivity contribution is 0.102. The van der Waals surface area contributed by atoms with Crippen LogP contribution < -0.4 is 5.32 Å². The van der Waals surface area contributed by atoms with Crippen LogP contribution in [0.15, 0.2) is 48.7 Å². The van der Waals surface area contributed by atoms with Crippen LogP contribution >= 0.6 is 0 Å². The van der Waals surface area contributed by atoms with E-state index in [9.17, 15) is 13.6 Å². The standard InChI is InChI=1S/C15H9F2N3O/c16-13-6-5-12(14(17)20-13)19-15(21)10-7-8-18-11-4-2-1-3-9(10)11/h1-8H,(H,19,21). The summed E-state index contributed by atoms with van der Waals surface area (Å²) < 4.78 is 26.2. The normalized spacial score (nSPS) is 10.6. The van der Waals surface area contributed by atoms with Gasteiger partial charge in [0.15, 0.2) is 0 Å². The highest BCUT2D eigenvalue weighted by Gasteiger charge is 2.13. The number of carbonyl (C=O) groups is 1. The third kappa shape index (κ3) is 2.55. The zero-order valence-electron chi connectivity index (χ0n) is 10.7. The van der Waals surface area contributed by atoms with Crippen molar-refractivity contribution in [3.05, 3.63) is 66.1 Å². The molecular weight excluding hydrogens is 276 g/mol. The van der Waals surface area contributed by atoms with Gasteiger partial charge in [-0.3, -0.25) is 9.78 Å². The van der Waals surface area contributed by atoms with Crippen molar-refractivity contribution in [3.8, 4) is 0 Å². The summed E-state index contributed by atoms with van der Waals surface area (Å²) in [6.07, 6.45) is 1.50. The third-order valence-corrected chi connectivity index (χ3v) is 2.96. The molecule has 0 unspecified atom stereocenters. The first kappa shape index (κ1) is 13.1. The second-order valence-corrected chi connectivity index (χ2v) is 4.30. The van der Waals surface area contributed by atoms with E-state index in [-0.39, 0.29) is 5.69 Å². The van der Waals surface area contributed by atoms with Crippen molar-refractivity contribution in [2.45, 2.75) is 0 Å². The molecule has 0 spiro atoms. The van der Waals surface area contributed by atoms with Crippen molar-refractivity contribution in [2.24, 2.45) is 0 Å². The molecule has 0 bridgehead atoms. The van der Waals surface area contributed by atoms with Gasteiger partial charge in [0.05, 0.1) is 16.8 Å². The molecule has 3 rings (SSSR count). The molecule has 0 saturated carbocycles. The van der Waals surface area contributed by atoms with E-state index >= 15 is 0 Å². The molecule has 1 aromatic carbocycles. The largest absolute Gasteiger partial charge is 0.318 e. The van der Waals surface area contributed by atoms with E-state index in [1.165, 1.54) is 12.3 Å². The van der Waals surface area contributed by atoms with Crippen LogP contribution in [0.2, 0.25) is 0 Å². The number of hydrogen-bond acceptors (Lipinski definition) is 3. The molecule has 0 fully saturated rings. The third-order valence-electron chi connectivity index (χ3n) is 2.96. The summed E-state index contributed by atoms with van der Waals surface area (Å²) in [6, 6.07) is 10.7. The number of anilines is 1. The minimum Gasteiger partial charge on any atom is -0.318 e. The van der Waals surface area contributed by atoms with Gasteiger partial charge in [-0.25, -0.2) is 0 Å². The van der Waals surface area contributed by atoms with Gasteiger partial charge in [-0.05, 0) is 24.3 Å². The first-order chi connectivity index (χ1) is 10.1. The SMILES string of the molecule is O=C(Nc1ccc(F)nc1F)c1ccnc2ccccc12. The van der Waals surface area contributed by atoms with Crippen molar-refractivity contribution in [2.75, 3.05) is 5.32 Å². The lowest BCUT2D eigenvalue weighted by Crippen LogP contribution is -2.14. The fourth-order valence-corrected chi connectivity index (χ4v) is 1.99. The number of carbonyl (C=O) groups excluding carboxylic acids is 1. The Kier molecular flexibility index (Phi) is 3.27. The molecule has 0 aliphatic carbocycles. The first-order valence-corrected chi connectivity index (χ1v) is 6.12. The van der Waals surface area contributed by atoms with Crippen molar-refractivity contribution in [3.63, 3.8) is 0 Å². The molecule has 0 saturated heterocycles. The van der Waals surface area contributed by atoms with Gasteiger partial charge in [0.2, 0.25) is 11.9 Å². The summed E-state index contributed by atoms with van der Waals surface area (Å²) >= 11 is 0. The monoisotopic (exact) mass is 285 g/mol. The van der Waals surface area contributed by atoms with Crippen LogP contribution in [0.4, 0.5) is 14.5 Å².